The number of likely N-dealkylation sites (N-methyl/N-ethyl adjacent to an activating group) is 1. The van der Waals surface area contributed by atoms with Crippen molar-refractivity contribution in [2.75, 3.05) is 14.1 Å². The van der Waals surface area contributed by atoms with E-state index in [1.807, 2.05) is 38.9 Å². The van der Waals surface area contributed by atoms with E-state index in [4.69, 9.17) is 0 Å². The molecule has 0 aliphatic heterocycles. The number of nitrogens with zero attached hydrogens (tertiary/aromatic N) is 2. The lowest BCUT2D eigenvalue weighted by Gasteiger charge is -2.34. The van der Waals surface area contributed by atoms with Crippen molar-refractivity contribution in [2.24, 2.45) is 0 Å². The van der Waals surface area contributed by atoms with Crippen LogP contribution in [0.4, 0.5) is 0 Å². The van der Waals surface area contributed by atoms with Crippen LogP contribution in [0.15, 0.2) is 22.9 Å². The maximum Gasteiger partial charge on any atom is 0.157 e. The van der Waals surface area contributed by atoms with Gasteiger partial charge in [0, 0.05) is 23.3 Å². The van der Waals surface area contributed by atoms with Gasteiger partial charge in [-0.2, -0.15) is 0 Å². The summed E-state index contributed by atoms with van der Waals surface area (Å²) < 4.78 is 0.908. The fraction of sp³-hybridized carbons (Fsp3) is 0.538. The van der Waals surface area contributed by atoms with Gasteiger partial charge in [-0.15, -0.1) is 0 Å². The fourth-order valence-electron chi connectivity index (χ4n) is 1.69. The minimum Gasteiger partial charge on any atom is -0.297 e. The van der Waals surface area contributed by atoms with E-state index in [2.05, 4.69) is 20.9 Å². The van der Waals surface area contributed by atoms with Gasteiger partial charge in [0.05, 0.1) is 5.54 Å². The fourth-order valence-corrected chi connectivity index (χ4v) is 2.10. The molecule has 3 nitrogen and oxygen atoms in total. The third kappa shape index (κ3) is 3.36. The summed E-state index contributed by atoms with van der Waals surface area (Å²) in [6, 6.07) is 1.94. The van der Waals surface area contributed by atoms with Crippen molar-refractivity contribution in [2.45, 2.75) is 32.2 Å². The summed E-state index contributed by atoms with van der Waals surface area (Å²) >= 11 is 3.36. The lowest BCUT2D eigenvalue weighted by molar-refractivity contribution is -0.128. The Kier molecular flexibility index (Phi) is 4.83. The summed E-state index contributed by atoms with van der Waals surface area (Å²) in [6.45, 7) is 4.03. The molecule has 0 aromatic carbocycles. The Morgan fingerprint density at radius 3 is 2.59 bits per heavy atom. The highest BCUT2D eigenvalue weighted by molar-refractivity contribution is 9.10. The Bertz CT molecular complexity index is 406. The summed E-state index contributed by atoms with van der Waals surface area (Å²) in [5.41, 5.74) is 0.549. The van der Waals surface area contributed by atoms with Crippen molar-refractivity contribution in [3.63, 3.8) is 0 Å². The van der Waals surface area contributed by atoms with Crippen LogP contribution in [-0.2, 0) is 11.2 Å². The topological polar surface area (TPSA) is 33.2 Å². The second-order valence-electron chi connectivity index (χ2n) is 4.63. The Labute approximate surface area is 111 Å². The van der Waals surface area contributed by atoms with Crippen LogP contribution in [0.2, 0.25) is 0 Å². The minimum absolute atomic E-state index is 0.227. The predicted molar refractivity (Wildman–Crippen MR) is 73.0 cm³/mol. The summed E-state index contributed by atoms with van der Waals surface area (Å²) in [4.78, 5) is 18.4. The smallest absolute Gasteiger partial charge is 0.157 e. The second-order valence-corrected chi connectivity index (χ2v) is 5.55. The van der Waals surface area contributed by atoms with E-state index in [9.17, 15) is 4.79 Å². The van der Waals surface area contributed by atoms with Gasteiger partial charge in [0.15, 0.2) is 5.78 Å². The molecule has 17 heavy (non-hydrogen) atoms. The molecule has 4 heteroatoms. The molecular weight excluding hydrogens is 280 g/mol. The Morgan fingerprint density at radius 1 is 1.47 bits per heavy atom. The van der Waals surface area contributed by atoms with Crippen LogP contribution in [0.25, 0.3) is 0 Å². The maximum absolute atomic E-state index is 12.3. The van der Waals surface area contributed by atoms with Gasteiger partial charge in [-0.25, -0.2) is 0 Å². The van der Waals surface area contributed by atoms with Crippen LogP contribution in [0.1, 0.15) is 25.8 Å². The molecule has 1 heterocycles. The van der Waals surface area contributed by atoms with Crippen molar-refractivity contribution >= 4 is 21.7 Å². The molecule has 0 N–H and O–H groups in total. The van der Waals surface area contributed by atoms with Crippen molar-refractivity contribution < 1.29 is 4.79 Å². The molecule has 1 unspecified atom stereocenters. The molecule has 0 fully saturated rings. The zero-order valence-corrected chi connectivity index (χ0v) is 12.4. The van der Waals surface area contributed by atoms with Crippen LogP contribution in [0.5, 0.6) is 0 Å². The van der Waals surface area contributed by atoms with Gasteiger partial charge in [-0.05, 0) is 55.0 Å². The maximum atomic E-state index is 12.3. The summed E-state index contributed by atoms with van der Waals surface area (Å²) in [5, 5.41) is 0. The number of pyridine rings is 1. The first-order valence-corrected chi connectivity index (χ1v) is 6.49. The molecule has 0 aliphatic carbocycles. The third-order valence-corrected chi connectivity index (χ3v) is 3.84. The first-order valence-electron chi connectivity index (χ1n) is 5.70. The Morgan fingerprint density at radius 2 is 2.12 bits per heavy atom. The van der Waals surface area contributed by atoms with E-state index >= 15 is 0 Å². The van der Waals surface area contributed by atoms with Crippen molar-refractivity contribution in [3.05, 3.63) is 28.5 Å². The average Bonchev–Trinajstić information content (AvgIpc) is 2.27. The highest BCUT2D eigenvalue weighted by atomic mass is 79.9. The van der Waals surface area contributed by atoms with Gasteiger partial charge in [-0.3, -0.25) is 14.7 Å². The number of hydrogen-bond donors (Lipinski definition) is 0. The number of rotatable bonds is 5. The standard InChI is InChI=1S/C13H19BrN2O/c1-5-13(2,16(3)4)12(17)7-10-6-11(14)9-15-8-10/h6,8-9H,5,7H2,1-4H3. The summed E-state index contributed by atoms with van der Waals surface area (Å²) in [7, 11) is 3.89. The first kappa shape index (κ1) is 14.3. The number of carbonyl (C=O) groups excluding carboxylic acids is 1. The molecule has 0 spiro atoms. The average molecular weight is 299 g/mol. The number of halogens is 1. The lowest BCUT2D eigenvalue weighted by Crippen LogP contribution is -2.48. The molecule has 94 valence electrons. The number of aromatic nitrogens is 1. The van der Waals surface area contributed by atoms with E-state index in [1.54, 1.807) is 12.4 Å². The molecule has 0 amide bonds. The van der Waals surface area contributed by atoms with E-state index in [1.165, 1.54) is 0 Å². The molecule has 0 bridgehead atoms. The van der Waals surface area contributed by atoms with Crippen LogP contribution in [0, 0.1) is 0 Å². The van der Waals surface area contributed by atoms with E-state index in [-0.39, 0.29) is 5.78 Å². The number of ketones is 1. The van der Waals surface area contributed by atoms with Crippen LogP contribution < -0.4 is 0 Å². The summed E-state index contributed by atoms with van der Waals surface area (Å²) in [5.74, 6) is 0.227. The van der Waals surface area contributed by atoms with Crippen LogP contribution >= 0.6 is 15.9 Å². The predicted octanol–water partition coefficient (Wildman–Crippen LogP) is 2.69. The Hall–Kier alpha value is -0.740. The largest absolute Gasteiger partial charge is 0.297 e. The van der Waals surface area contributed by atoms with Gasteiger partial charge in [0.2, 0.25) is 0 Å². The quantitative estimate of drug-likeness (QED) is 0.838. The third-order valence-electron chi connectivity index (χ3n) is 3.40. The van der Waals surface area contributed by atoms with E-state index < -0.39 is 5.54 Å². The van der Waals surface area contributed by atoms with Crippen LogP contribution in [0.3, 0.4) is 0 Å². The lowest BCUT2D eigenvalue weighted by atomic mass is 9.88. The number of carbonyl (C=O) groups is 1. The molecule has 0 saturated carbocycles. The molecule has 1 rings (SSSR count). The summed E-state index contributed by atoms with van der Waals surface area (Å²) in [6.07, 6.45) is 4.70. The molecule has 1 aromatic heterocycles. The van der Waals surface area contributed by atoms with Gasteiger partial charge in [-0.1, -0.05) is 6.92 Å². The van der Waals surface area contributed by atoms with Gasteiger partial charge >= 0.3 is 0 Å². The van der Waals surface area contributed by atoms with Crippen LogP contribution in [-0.4, -0.2) is 35.3 Å². The monoisotopic (exact) mass is 298 g/mol. The molecule has 1 atom stereocenters. The number of Topliss-reactive ketones (excluding diaryl/α,β-unsaturated/α-hetero) is 1. The minimum atomic E-state index is -0.400. The second kappa shape index (κ2) is 5.74. The first-order chi connectivity index (χ1) is 7.90. The zero-order valence-electron chi connectivity index (χ0n) is 10.8. The number of hydrogen-bond acceptors (Lipinski definition) is 3. The zero-order chi connectivity index (χ0) is 13.1. The van der Waals surface area contributed by atoms with Gasteiger partial charge < -0.3 is 0 Å². The van der Waals surface area contributed by atoms with E-state index in [0.717, 1.165) is 16.5 Å². The Balaban J connectivity index is 2.85. The molecule has 0 saturated heterocycles. The van der Waals surface area contributed by atoms with E-state index in [0.29, 0.717) is 6.42 Å². The highest BCUT2D eigenvalue weighted by Gasteiger charge is 2.32. The van der Waals surface area contributed by atoms with Gasteiger partial charge in [0.1, 0.15) is 0 Å². The highest BCUT2D eigenvalue weighted by Crippen LogP contribution is 2.20. The van der Waals surface area contributed by atoms with Crippen molar-refractivity contribution in [1.29, 1.82) is 0 Å². The normalized spacial score (nSPS) is 14.7. The molecular formula is C13H19BrN2O. The molecule has 1 aromatic rings. The molecule has 0 aliphatic rings. The van der Waals surface area contributed by atoms with Crippen molar-refractivity contribution in [3.8, 4) is 0 Å². The van der Waals surface area contributed by atoms with Crippen molar-refractivity contribution in [1.82, 2.24) is 9.88 Å². The molecule has 0 radical (unpaired) electrons. The van der Waals surface area contributed by atoms with Gasteiger partial charge in [0.25, 0.3) is 0 Å². The SMILES string of the molecule is CCC(C)(C(=O)Cc1cncc(Br)c1)N(C)C.